The highest BCUT2D eigenvalue weighted by molar-refractivity contribution is 14.1. The van der Waals surface area contributed by atoms with Gasteiger partial charge in [-0.3, -0.25) is 4.79 Å². The summed E-state index contributed by atoms with van der Waals surface area (Å²) in [5.41, 5.74) is 1.37. The Bertz CT molecular complexity index is 1010. The molecule has 8 heteroatoms. The summed E-state index contributed by atoms with van der Waals surface area (Å²) in [5, 5.41) is 0.0276. The van der Waals surface area contributed by atoms with E-state index in [9.17, 15) is 4.79 Å². The van der Waals surface area contributed by atoms with Gasteiger partial charge >= 0.3 is 5.97 Å². The first-order valence-electron chi connectivity index (χ1n) is 13.5. The number of rotatable bonds is 5. The van der Waals surface area contributed by atoms with Gasteiger partial charge in [-0.2, -0.15) is 0 Å². The third-order valence-electron chi connectivity index (χ3n) is 8.21. The molecule has 0 amide bonds. The monoisotopic (exact) mass is 656 g/mol. The van der Waals surface area contributed by atoms with Gasteiger partial charge in [-0.05, 0) is 66.6 Å². The lowest BCUT2D eigenvalue weighted by atomic mass is 9.89. The van der Waals surface area contributed by atoms with Gasteiger partial charge in [0.25, 0.3) is 0 Å². The van der Waals surface area contributed by atoms with Crippen LogP contribution < -0.4 is 4.74 Å². The average Bonchev–Trinajstić information content (AvgIpc) is 3.19. The minimum Gasteiger partial charge on any atom is -0.497 e. The van der Waals surface area contributed by atoms with Gasteiger partial charge < -0.3 is 23.4 Å². The average molecular weight is 657 g/mol. The van der Waals surface area contributed by atoms with Gasteiger partial charge in [-0.1, -0.05) is 74.6 Å². The second kappa shape index (κ2) is 12.5. The predicted molar refractivity (Wildman–Crippen MR) is 162 cm³/mol. The zero-order valence-corrected chi connectivity index (χ0v) is 27.5. The summed E-state index contributed by atoms with van der Waals surface area (Å²) >= 11 is 2.21. The quantitative estimate of drug-likeness (QED) is 0.139. The summed E-state index contributed by atoms with van der Waals surface area (Å²) in [4.78, 5) is 13.2. The predicted octanol–water partition coefficient (Wildman–Crippen LogP) is 7.89. The number of benzene rings is 1. The molecule has 0 N–H and O–H groups in total. The van der Waals surface area contributed by atoms with Crippen LogP contribution in [0.25, 0.3) is 0 Å². The van der Waals surface area contributed by atoms with Gasteiger partial charge in [0.1, 0.15) is 18.0 Å². The van der Waals surface area contributed by atoms with Crippen molar-refractivity contribution in [3.05, 3.63) is 51.6 Å². The van der Waals surface area contributed by atoms with Gasteiger partial charge in [0.15, 0.2) is 14.6 Å². The highest BCUT2D eigenvalue weighted by Crippen LogP contribution is 2.44. The first-order chi connectivity index (χ1) is 17.7. The van der Waals surface area contributed by atoms with Crippen LogP contribution in [0.3, 0.4) is 0 Å². The standard InChI is InChI=1S/C30H45IO6Si/c1-20-10-15-25-30(6,36-28(34-25)22-11-13-23(33-7)14-12-22)17-16-24(37-38(8,9)29(3,4)5)18-26(32)35-27(20)21(2)19-31/h10-15,19-20,24-25,27-28H,16-18H2,1-9H3/b15-10+,21-19+/t20-,24+,25-,27-,28-,30+/m0/s1. The summed E-state index contributed by atoms with van der Waals surface area (Å²) in [5.74, 6) is 0.536. The molecule has 212 valence electrons. The van der Waals surface area contributed by atoms with Gasteiger partial charge in [0, 0.05) is 11.5 Å². The molecule has 0 bridgehead atoms. The van der Waals surface area contributed by atoms with Crippen LogP contribution >= 0.6 is 22.6 Å². The number of hydrogen-bond acceptors (Lipinski definition) is 6. The molecule has 6 atom stereocenters. The molecule has 1 aromatic carbocycles. The summed E-state index contributed by atoms with van der Waals surface area (Å²) in [6.07, 6.45) is 4.39. The summed E-state index contributed by atoms with van der Waals surface area (Å²) in [6.45, 7) is 17.3. The Labute approximate surface area is 243 Å². The molecule has 2 heterocycles. The minimum absolute atomic E-state index is 0.0276. The van der Waals surface area contributed by atoms with E-state index in [1.165, 1.54) is 0 Å². The number of ether oxygens (including phenoxy) is 4. The van der Waals surface area contributed by atoms with E-state index in [1.54, 1.807) is 7.11 Å². The number of fused-ring (bicyclic) bond motifs is 1. The Morgan fingerprint density at radius 3 is 2.42 bits per heavy atom. The van der Waals surface area contributed by atoms with Crippen LogP contribution in [-0.4, -0.2) is 45.3 Å². The lowest BCUT2D eigenvalue weighted by molar-refractivity contribution is -0.151. The van der Waals surface area contributed by atoms with E-state index >= 15 is 0 Å². The molecule has 6 nitrogen and oxygen atoms in total. The van der Waals surface area contributed by atoms with E-state index < -0.39 is 20.2 Å². The van der Waals surface area contributed by atoms with Crippen molar-refractivity contribution in [2.45, 2.75) is 109 Å². The molecule has 1 saturated heterocycles. The van der Waals surface area contributed by atoms with Crippen LogP contribution in [0.5, 0.6) is 5.75 Å². The Morgan fingerprint density at radius 2 is 1.84 bits per heavy atom. The highest BCUT2D eigenvalue weighted by Gasteiger charge is 2.47. The van der Waals surface area contributed by atoms with Crippen LogP contribution in [0.2, 0.25) is 18.1 Å². The number of carbonyl (C=O) groups is 1. The molecular weight excluding hydrogens is 611 g/mol. The Morgan fingerprint density at radius 1 is 1.18 bits per heavy atom. The molecule has 0 aliphatic carbocycles. The maximum atomic E-state index is 13.2. The number of halogens is 1. The molecular formula is C30H45IO6Si. The number of esters is 1. The second-order valence-electron chi connectivity index (χ2n) is 12.3. The topological polar surface area (TPSA) is 63.2 Å². The first kappa shape index (κ1) is 31.3. The van der Waals surface area contributed by atoms with Gasteiger partial charge in [-0.15, -0.1) is 0 Å². The third kappa shape index (κ3) is 7.50. The van der Waals surface area contributed by atoms with Crippen LogP contribution in [-0.2, 0) is 23.4 Å². The Hall–Kier alpha value is -1.20. The van der Waals surface area contributed by atoms with Crippen molar-refractivity contribution in [2.75, 3.05) is 7.11 Å². The van der Waals surface area contributed by atoms with E-state index in [0.717, 1.165) is 16.9 Å². The van der Waals surface area contributed by atoms with E-state index in [1.807, 2.05) is 35.3 Å². The van der Waals surface area contributed by atoms with Crippen molar-refractivity contribution in [2.24, 2.45) is 5.92 Å². The van der Waals surface area contributed by atoms with Gasteiger partial charge in [0.2, 0.25) is 0 Å². The molecule has 0 aromatic heterocycles. The Balaban J connectivity index is 1.96. The third-order valence-corrected chi connectivity index (χ3v) is 13.7. The molecule has 0 unspecified atom stereocenters. The molecule has 0 saturated carbocycles. The smallest absolute Gasteiger partial charge is 0.308 e. The second-order valence-corrected chi connectivity index (χ2v) is 17.7. The van der Waals surface area contributed by atoms with Crippen molar-refractivity contribution in [3.8, 4) is 5.75 Å². The van der Waals surface area contributed by atoms with E-state index in [-0.39, 0.29) is 41.7 Å². The SMILES string of the molecule is COc1ccc([C@H]2O[C@H]3/C=C/[C@H](C)[C@@H](/C(C)=C/I)OC(=O)C[C@H](O[Si](C)(C)C(C)(C)C)CC[C@@]3(C)O2)cc1. The molecule has 1 fully saturated rings. The maximum absolute atomic E-state index is 13.2. The molecule has 2 aliphatic rings. The van der Waals surface area contributed by atoms with E-state index in [4.69, 9.17) is 23.4 Å². The molecule has 38 heavy (non-hydrogen) atoms. The van der Waals surface area contributed by atoms with Crippen molar-refractivity contribution < 1.29 is 28.2 Å². The normalized spacial score (nSPS) is 32.5. The van der Waals surface area contributed by atoms with E-state index in [0.29, 0.717) is 12.8 Å². The van der Waals surface area contributed by atoms with Crippen LogP contribution in [0.1, 0.15) is 72.7 Å². The summed E-state index contributed by atoms with van der Waals surface area (Å²) in [6, 6.07) is 7.80. The minimum atomic E-state index is -2.12. The molecule has 2 aliphatic heterocycles. The number of methoxy groups -OCH3 is 1. The molecule has 1 aromatic rings. The molecule has 0 radical (unpaired) electrons. The largest absolute Gasteiger partial charge is 0.497 e. The molecule has 3 rings (SSSR count). The van der Waals surface area contributed by atoms with Gasteiger partial charge in [0.05, 0.1) is 25.2 Å². The summed E-state index contributed by atoms with van der Waals surface area (Å²) < 4.78 is 33.3. The fourth-order valence-electron chi connectivity index (χ4n) is 4.65. The fourth-order valence-corrected chi connectivity index (χ4v) is 6.39. The highest BCUT2D eigenvalue weighted by atomic mass is 127. The zero-order valence-electron chi connectivity index (χ0n) is 24.4. The van der Waals surface area contributed by atoms with Crippen molar-refractivity contribution in [1.82, 2.24) is 0 Å². The number of carbonyl (C=O) groups excluding carboxylic acids is 1. The lowest BCUT2D eigenvalue weighted by Gasteiger charge is -2.40. The Kier molecular flexibility index (Phi) is 10.3. The first-order valence-corrected chi connectivity index (χ1v) is 17.6. The van der Waals surface area contributed by atoms with Gasteiger partial charge in [-0.25, -0.2) is 0 Å². The van der Waals surface area contributed by atoms with Crippen LogP contribution in [0.15, 0.2) is 46.1 Å². The maximum Gasteiger partial charge on any atom is 0.308 e. The van der Waals surface area contributed by atoms with Crippen molar-refractivity contribution in [3.63, 3.8) is 0 Å². The fraction of sp³-hybridized carbons (Fsp3) is 0.633. The van der Waals surface area contributed by atoms with Crippen LogP contribution in [0.4, 0.5) is 0 Å². The van der Waals surface area contributed by atoms with Crippen LogP contribution in [0, 0.1) is 5.92 Å². The molecule has 0 spiro atoms. The lowest BCUT2D eigenvalue weighted by Crippen LogP contribution is -2.45. The summed E-state index contributed by atoms with van der Waals surface area (Å²) in [7, 11) is -0.468. The van der Waals surface area contributed by atoms with E-state index in [2.05, 4.69) is 82.5 Å². The zero-order chi connectivity index (χ0) is 28.3. The van der Waals surface area contributed by atoms with Crippen molar-refractivity contribution in [1.29, 1.82) is 0 Å². The van der Waals surface area contributed by atoms with Crippen molar-refractivity contribution >= 4 is 36.9 Å². The number of hydrogen-bond donors (Lipinski definition) is 0. The number of cyclic esters (lactones) is 1.